The monoisotopic (exact) mass is 677 g/mol. The van der Waals surface area contributed by atoms with Crippen molar-refractivity contribution in [3.8, 4) is 17.2 Å². The molecule has 0 atom stereocenters. The van der Waals surface area contributed by atoms with Crippen molar-refractivity contribution >= 4 is 88.3 Å². The zero-order valence-corrected chi connectivity index (χ0v) is 23.3. The smallest absolute Gasteiger partial charge is 0.384 e. The van der Waals surface area contributed by atoms with Gasteiger partial charge in [-0.2, -0.15) is 4.57 Å². The molecule has 3 N–H and O–H groups in total. The first kappa shape index (κ1) is 22.8. The second kappa shape index (κ2) is 8.78. The fourth-order valence-corrected chi connectivity index (χ4v) is 6.93. The number of rotatable bonds is 6. The van der Waals surface area contributed by atoms with E-state index in [1.54, 1.807) is 18.6 Å². The van der Waals surface area contributed by atoms with Crippen molar-refractivity contribution in [1.82, 2.24) is 15.0 Å². The molecule has 0 spiro atoms. The molecule has 35 heavy (non-hydrogen) atoms. The summed E-state index contributed by atoms with van der Waals surface area (Å²) >= 11 is 10.6. The lowest BCUT2D eigenvalue weighted by Crippen LogP contribution is -2.09. The van der Waals surface area contributed by atoms with Gasteiger partial charge < -0.3 is 28.5 Å². The molecule has 0 aliphatic heterocycles. The van der Waals surface area contributed by atoms with Gasteiger partial charge in [-0.05, 0) is 102 Å². The van der Waals surface area contributed by atoms with Crippen LogP contribution in [0.5, 0.6) is 17.2 Å². The predicted molar refractivity (Wildman–Crippen MR) is 147 cm³/mol. The number of hydrogen-bond donors (Lipinski definition) is 3. The molecule has 0 radical (unpaired) electrons. The molecule has 0 fully saturated rings. The lowest BCUT2D eigenvalue weighted by molar-refractivity contribution is 0.300. The molecular formula is C24H15Br3N3O4P. The largest absolute Gasteiger partial charge is 0.647 e. The average Bonchev–Trinajstić information content (AvgIpc) is 3.60. The van der Waals surface area contributed by atoms with Gasteiger partial charge in [0, 0.05) is 51.3 Å². The minimum atomic E-state index is -4.34. The first-order valence-corrected chi connectivity index (χ1v) is 14.2. The lowest BCUT2D eigenvalue weighted by atomic mass is 10.2. The molecule has 0 bridgehead atoms. The normalized spacial score (nSPS) is 12.0. The Hall–Kier alpha value is -2.65. The highest BCUT2D eigenvalue weighted by Gasteiger charge is 2.37. The van der Waals surface area contributed by atoms with Gasteiger partial charge >= 0.3 is 7.82 Å². The molecular weight excluding hydrogens is 665 g/mol. The van der Waals surface area contributed by atoms with Gasteiger partial charge in [0.1, 0.15) is 0 Å². The molecule has 0 aliphatic rings. The van der Waals surface area contributed by atoms with Crippen molar-refractivity contribution in [2.24, 2.45) is 0 Å². The SMILES string of the molecule is O=P(Oc1c(Br)ccc2[nH]ccc12)(Oc1c(Br)ccc2[nH]ccc12)Oc1c(Br)ccc2[nH]ccc12. The molecule has 3 aromatic carbocycles. The van der Waals surface area contributed by atoms with Crippen LogP contribution in [0.1, 0.15) is 0 Å². The lowest BCUT2D eigenvalue weighted by Gasteiger charge is -2.22. The van der Waals surface area contributed by atoms with Crippen LogP contribution in [0.2, 0.25) is 0 Å². The van der Waals surface area contributed by atoms with Crippen molar-refractivity contribution in [3.63, 3.8) is 0 Å². The van der Waals surface area contributed by atoms with E-state index in [1.807, 2.05) is 54.6 Å². The number of aromatic amines is 3. The fraction of sp³-hybridized carbons (Fsp3) is 0. The Balaban J connectivity index is 1.52. The minimum Gasteiger partial charge on any atom is -0.384 e. The maximum Gasteiger partial charge on any atom is 0.647 e. The number of H-pyrrole nitrogens is 3. The average molecular weight is 680 g/mol. The van der Waals surface area contributed by atoms with Crippen LogP contribution in [0.3, 0.4) is 0 Å². The van der Waals surface area contributed by atoms with Crippen molar-refractivity contribution in [2.75, 3.05) is 0 Å². The summed E-state index contributed by atoms with van der Waals surface area (Å²) in [5.74, 6) is 1.01. The van der Waals surface area contributed by atoms with E-state index in [2.05, 4.69) is 62.7 Å². The van der Waals surface area contributed by atoms with Crippen molar-refractivity contribution in [3.05, 3.63) is 86.6 Å². The van der Waals surface area contributed by atoms with Crippen LogP contribution >= 0.6 is 55.6 Å². The zero-order chi connectivity index (χ0) is 24.2. The van der Waals surface area contributed by atoms with Gasteiger partial charge in [-0.15, -0.1) is 0 Å². The zero-order valence-electron chi connectivity index (χ0n) is 17.6. The Labute approximate surface area is 224 Å². The van der Waals surface area contributed by atoms with E-state index < -0.39 is 7.82 Å². The van der Waals surface area contributed by atoms with Crippen molar-refractivity contribution in [2.45, 2.75) is 0 Å². The predicted octanol–water partition coefficient (Wildman–Crippen LogP) is 9.06. The van der Waals surface area contributed by atoms with Gasteiger partial charge in [-0.1, -0.05) is 0 Å². The fourth-order valence-electron chi connectivity index (χ4n) is 3.91. The number of benzene rings is 3. The highest BCUT2D eigenvalue weighted by molar-refractivity contribution is 9.11. The van der Waals surface area contributed by atoms with Gasteiger partial charge in [0.15, 0.2) is 17.2 Å². The Kier molecular flexibility index (Phi) is 5.72. The molecule has 6 rings (SSSR count). The van der Waals surface area contributed by atoms with Gasteiger partial charge in [0.05, 0.1) is 13.4 Å². The standard InChI is InChI=1S/C24H15Br3N3O4P/c25-16-1-4-19-13(7-10-28-19)22(16)32-35(31,33-23-14-8-11-29-20(14)5-2-17(23)26)34-24-15-9-12-30-21(15)6-3-18(24)27/h1-12,28-30H. The van der Waals surface area contributed by atoms with Crippen LogP contribution in [0.25, 0.3) is 32.7 Å². The number of aromatic nitrogens is 3. The maximum atomic E-state index is 14.5. The summed E-state index contributed by atoms with van der Waals surface area (Å²) in [6.45, 7) is 0. The summed E-state index contributed by atoms with van der Waals surface area (Å²) in [6, 6.07) is 16.6. The molecule has 0 aliphatic carbocycles. The van der Waals surface area contributed by atoms with Crippen LogP contribution in [-0.4, -0.2) is 15.0 Å². The number of fused-ring (bicyclic) bond motifs is 3. The molecule has 11 heteroatoms. The summed E-state index contributed by atoms with van der Waals surface area (Å²) in [7, 11) is -4.34. The van der Waals surface area contributed by atoms with E-state index in [9.17, 15) is 4.57 Å². The first-order chi connectivity index (χ1) is 16.9. The Bertz CT molecular complexity index is 1570. The Morgan fingerprint density at radius 1 is 0.514 bits per heavy atom. The molecule has 3 aromatic heterocycles. The third kappa shape index (κ3) is 4.08. The molecule has 0 saturated carbocycles. The molecule has 0 amide bonds. The number of halogens is 3. The first-order valence-electron chi connectivity index (χ1n) is 10.4. The van der Waals surface area contributed by atoms with Crippen LogP contribution in [0.4, 0.5) is 0 Å². The topological polar surface area (TPSA) is 92.1 Å². The minimum absolute atomic E-state index is 0.335. The van der Waals surface area contributed by atoms with Gasteiger partial charge in [-0.3, -0.25) is 0 Å². The molecule has 3 heterocycles. The van der Waals surface area contributed by atoms with E-state index in [0.29, 0.717) is 30.7 Å². The van der Waals surface area contributed by atoms with E-state index >= 15 is 0 Å². The van der Waals surface area contributed by atoms with E-state index in [0.717, 1.165) is 32.7 Å². The summed E-state index contributed by atoms with van der Waals surface area (Å²) in [5.41, 5.74) is 2.45. The molecule has 0 saturated heterocycles. The highest BCUT2D eigenvalue weighted by Crippen LogP contribution is 2.56. The number of phosphoric acid groups is 1. The molecule has 176 valence electrons. The quantitative estimate of drug-likeness (QED) is 0.153. The molecule has 0 unspecified atom stereocenters. The Morgan fingerprint density at radius 2 is 0.829 bits per heavy atom. The van der Waals surface area contributed by atoms with E-state index in [4.69, 9.17) is 13.6 Å². The number of phosphoric ester groups is 1. The van der Waals surface area contributed by atoms with E-state index in [1.165, 1.54) is 0 Å². The summed E-state index contributed by atoms with van der Waals surface area (Å²) in [6.07, 6.45) is 5.35. The summed E-state index contributed by atoms with van der Waals surface area (Å²) in [4.78, 5) is 9.41. The molecule has 7 nitrogen and oxygen atoms in total. The maximum absolute atomic E-state index is 14.5. The Morgan fingerprint density at radius 3 is 1.14 bits per heavy atom. The number of nitrogens with one attached hydrogen (secondary N) is 3. The van der Waals surface area contributed by atoms with Crippen LogP contribution in [-0.2, 0) is 4.57 Å². The second-order valence-electron chi connectivity index (χ2n) is 7.67. The van der Waals surface area contributed by atoms with Crippen LogP contribution < -0.4 is 13.6 Å². The number of hydrogen-bond acceptors (Lipinski definition) is 4. The third-order valence-corrected chi connectivity index (χ3v) is 8.61. The third-order valence-electron chi connectivity index (χ3n) is 5.52. The van der Waals surface area contributed by atoms with Crippen molar-refractivity contribution in [1.29, 1.82) is 0 Å². The summed E-state index contributed by atoms with van der Waals surface area (Å²) < 4.78 is 34.8. The van der Waals surface area contributed by atoms with E-state index in [-0.39, 0.29) is 0 Å². The van der Waals surface area contributed by atoms with Crippen molar-refractivity contribution < 1.29 is 18.1 Å². The van der Waals surface area contributed by atoms with Gasteiger partial charge in [-0.25, -0.2) is 0 Å². The van der Waals surface area contributed by atoms with Crippen LogP contribution in [0.15, 0.2) is 86.6 Å². The molecule has 6 aromatic rings. The summed E-state index contributed by atoms with van der Waals surface area (Å²) in [5, 5.41) is 2.18. The van der Waals surface area contributed by atoms with Gasteiger partial charge in [0.25, 0.3) is 0 Å². The highest BCUT2D eigenvalue weighted by atomic mass is 79.9. The van der Waals surface area contributed by atoms with Crippen LogP contribution in [0, 0.1) is 0 Å². The van der Waals surface area contributed by atoms with Gasteiger partial charge in [0.2, 0.25) is 0 Å². The second-order valence-corrected chi connectivity index (χ2v) is 11.7.